The smallest absolute Gasteiger partial charge is 0.404 e. The summed E-state index contributed by atoms with van der Waals surface area (Å²) in [5.41, 5.74) is 6.14. The number of rotatable bonds is 8. The van der Waals surface area contributed by atoms with Gasteiger partial charge in [-0.2, -0.15) is 0 Å². The van der Waals surface area contributed by atoms with Crippen LogP contribution in [0.25, 0.3) is 0 Å². The van der Waals surface area contributed by atoms with Crippen LogP contribution in [-0.4, -0.2) is 54.3 Å². The van der Waals surface area contributed by atoms with Gasteiger partial charge in [0.1, 0.15) is 11.9 Å². The molecule has 1 aromatic rings. The van der Waals surface area contributed by atoms with Gasteiger partial charge in [0.2, 0.25) is 5.91 Å². The highest BCUT2D eigenvalue weighted by Crippen LogP contribution is 2.20. The van der Waals surface area contributed by atoms with Crippen LogP contribution >= 0.6 is 0 Å². The number of benzene rings is 1. The molecule has 1 unspecified atom stereocenters. The Labute approximate surface area is 165 Å². The largest absolute Gasteiger partial charge is 0.508 e. The quantitative estimate of drug-likeness (QED) is 0.671. The van der Waals surface area contributed by atoms with Crippen LogP contribution in [0.4, 0.5) is 10.5 Å². The fourth-order valence-corrected chi connectivity index (χ4v) is 2.99. The van der Waals surface area contributed by atoms with Crippen LogP contribution < -0.4 is 10.6 Å². The normalized spacial score (nSPS) is 15.7. The fourth-order valence-electron chi connectivity index (χ4n) is 2.99. The lowest BCUT2D eigenvalue weighted by Gasteiger charge is -2.36. The second-order valence-electron chi connectivity index (χ2n) is 6.43. The van der Waals surface area contributed by atoms with Gasteiger partial charge >= 0.3 is 6.09 Å². The average Bonchev–Trinajstić information content (AvgIpc) is 2.68. The Balaban J connectivity index is 1.86. The Morgan fingerprint density at radius 3 is 2.43 bits per heavy atom. The number of nitrogens with zero attached hydrogens (tertiary/aromatic N) is 2. The molecule has 7 heteroatoms. The number of ether oxygens (including phenoxy) is 1. The molecule has 2 amide bonds. The van der Waals surface area contributed by atoms with Crippen LogP contribution in [0.3, 0.4) is 0 Å². The highest BCUT2D eigenvalue weighted by atomic mass is 16.6. The van der Waals surface area contributed by atoms with Crippen molar-refractivity contribution in [1.82, 2.24) is 4.90 Å². The highest BCUT2D eigenvalue weighted by Gasteiger charge is 2.24. The van der Waals surface area contributed by atoms with E-state index in [0.717, 1.165) is 5.69 Å². The van der Waals surface area contributed by atoms with Crippen molar-refractivity contribution in [3.8, 4) is 5.75 Å². The molecular weight excluding hydrogens is 358 g/mol. The number of aromatic hydroxyl groups is 1. The van der Waals surface area contributed by atoms with E-state index >= 15 is 0 Å². The maximum atomic E-state index is 12.6. The number of carbonyl (C=O) groups excluding carboxylic acids is 2. The number of anilines is 1. The summed E-state index contributed by atoms with van der Waals surface area (Å²) < 4.78 is 5.08. The van der Waals surface area contributed by atoms with E-state index in [0.29, 0.717) is 32.6 Å². The van der Waals surface area contributed by atoms with Crippen molar-refractivity contribution < 1.29 is 19.4 Å². The van der Waals surface area contributed by atoms with Crippen LogP contribution in [0.2, 0.25) is 0 Å². The number of primary amides is 1. The zero-order valence-electron chi connectivity index (χ0n) is 15.9. The maximum Gasteiger partial charge on any atom is 0.404 e. The molecule has 28 heavy (non-hydrogen) atoms. The lowest BCUT2D eigenvalue weighted by Crippen LogP contribution is -2.49. The van der Waals surface area contributed by atoms with E-state index in [1.807, 2.05) is 18.2 Å². The van der Waals surface area contributed by atoms with Crippen molar-refractivity contribution in [3.63, 3.8) is 0 Å². The van der Waals surface area contributed by atoms with Crippen molar-refractivity contribution in [2.75, 3.05) is 31.1 Å². The monoisotopic (exact) mass is 385 g/mol. The first-order valence-corrected chi connectivity index (χ1v) is 9.21. The van der Waals surface area contributed by atoms with E-state index < -0.39 is 12.2 Å². The van der Waals surface area contributed by atoms with E-state index in [1.54, 1.807) is 41.3 Å². The number of phenols is 1. The van der Waals surface area contributed by atoms with Crippen LogP contribution in [0.5, 0.6) is 5.75 Å². The molecule has 1 fully saturated rings. The molecule has 0 saturated carbocycles. The van der Waals surface area contributed by atoms with Crippen LogP contribution in [0.1, 0.15) is 12.8 Å². The molecule has 1 aliphatic heterocycles. The van der Waals surface area contributed by atoms with Crippen molar-refractivity contribution in [3.05, 3.63) is 61.2 Å². The van der Waals surface area contributed by atoms with E-state index in [9.17, 15) is 14.7 Å². The third kappa shape index (κ3) is 6.83. The molecule has 1 aliphatic rings. The van der Waals surface area contributed by atoms with Gasteiger partial charge in [-0.15, -0.1) is 0 Å². The summed E-state index contributed by atoms with van der Waals surface area (Å²) in [6.07, 6.45) is 7.89. The number of amides is 2. The number of allylic oxidation sites excluding steroid dienone is 4. The van der Waals surface area contributed by atoms with Crippen molar-refractivity contribution in [1.29, 1.82) is 0 Å². The molecule has 0 spiro atoms. The molecule has 0 aliphatic carbocycles. The summed E-state index contributed by atoms with van der Waals surface area (Å²) >= 11 is 0. The van der Waals surface area contributed by atoms with E-state index in [1.165, 1.54) is 0 Å². The Kier molecular flexibility index (Phi) is 8.14. The van der Waals surface area contributed by atoms with Gasteiger partial charge in [0.15, 0.2) is 0 Å². The van der Waals surface area contributed by atoms with Gasteiger partial charge in [0.25, 0.3) is 0 Å². The number of carbonyl (C=O) groups is 2. The van der Waals surface area contributed by atoms with Gasteiger partial charge < -0.3 is 25.4 Å². The van der Waals surface area contributed by atoms with Gasteiger partial charge in [0.05, 0.1) is 6.42 Å². The highest BCUT2D eigenvalue weighted by molar-refractivity contribution is 5.77. The molecule has 1 atom stereocenters. The molecule has 1 saturated heterocycles. The lowest BCUT2D eigenvalue weighted by atomic mass is 10.1. The first-order valence-electron chi connectivity index (χ1n) is 9.21. The second kappa shape index (κ2) is 10.8. The summed E-state index contributed by atoms with van der Waals surface area (Å²) in [7, 11) is 0. The Morgan fingerprint density at radius 1 is 1.14 bits per heavy atom. The number of nitrogens with two attached hydrogens (primary N) is 1. The SMILES string of the molecule is C=C/C=C\C=C/CC(CC(=O)N1CCN(c2ccc(O)cc2)CC1)OC(N)=O. The third-order valence-electron chi connectivity index (χ3n) is 4.43. The number of hydrogen-bond acceptors (Lipinski definition) is 5. The van der Waals surface area contributed by atoms with Crippen LogP contribution in [0, 0.1) is 0 Å². The number of piperazine rings is 1. The molecule has 7 nitrogen and oxygen atoms in total. The minimum Gasteiger partial charge on any atom is -0.508 e. The van der Waals surface area contributed by atoms with Gasteiger partial charge in [0, 0.05) is 38.3 Å². The first-order chi connectivity index (χ1) is 13.5. The molecule has 2 rings (SSSR count). The minimum absolute atomic E-state index is 0.0633. The van der Waals surface area contributed by atoms with Crippen molar-refractivity contribution >= 4 is 17.7 Å². The number of phenolic OH excluding ortho intramolecular Hbond substituents is 1. The molecule has 1 heterocycles. The summed E-state index contributed by atoms with van der Waals surface area (Å²) in [4.78, 5) is 27.7. The van der Waals surface area contributed by atoms with Crippen molar-refractivity contribution in [2.24, 2.45) is 5.73 Å². The van der Waals surface area contributed by atoms with E-state index in [2.05, 4.69) is 11.5 Å². The lowest BCUT2D eigenvalue weighted by molar-refractivity contribution is -0.133. The molecule has 150 valence electrons. The first kappa shape index (κ1) is 21.1. The molecule has 0 radical (unpaired) electrons. The predicted octanol–water partition coefficient (Wildman–Crippen LogP) is 2.58. The predicted molar refractivity (Wildman–Crippen MR) is 109 cm³/mol. The molecule has 0 aromatic heterocycles. The molecule has 1 aromatic carbocycles. The zero-order chi connectivity index (χ0) is 20.4. The van der Waals surface area contributed by atoms with E-state index in [-0.39, 0.29) is 18.1 Å². The summed E-state index contributed by atoms with van der Waals surface area (Å²) in [6.45, 7) is 6.15. The number of hydrogen-bond donors (Lipinski definition) is 2. The average molecular weight is 385 g/mol. The Bertz CT molecular complexity index is 720. The van der Waals surface area contributed by atoms with Gasteiger partial charge in [-0.25, -0.2) is 4.79 Å². The second-order valence-corrected chi connectivity index (χ2v) is 6.43. The zero-order valence-corrected chi connectivity index (χ0v) is 15.9. The maximum absolute atomic E-state index is 12.6. The van der Waals surface area contributed by atoms with Gasteiger partial charge in [-0.1, -0.05) is 37.0 Å². The third-order valence-corrected chi connectivity index (χ3v) is 4.43. The summed E-state index contributed by atoms with van der Waals surface area (Å²) in [5, 5.41) is 9.39. The fraction of sp³-hybridized carbons (Fsp3) is 0.333. The summed E-state index contributed by atoms with van der Waals surface area (Å²) in [6, 6.07) is 7.01. The van der Waals surface area contributed by atoms with Crippen molar-refractivity contribution in [2.45, 2.75) is 18.9 Å². The van der Waals surface area contributed by atoms with E-state index in [4.69, 9.17) is 10.5 Å². The molecule has 0 bridgehead atoms. The van der Waals surface area contributed by atoms with Crippen LogP contribution in [-0.2, 0) is 9.53 Å². The standard InChI is InChI=1S/C21H27N3O4/c1-2-3-4-5-6-7-19(28-21(22)27)16-20(26)24-14-12-23(13-15-24)17-8-10-18(25)11-9-17/h2-6,8-11,19,25H,1,7,12-16H2,(H2,22,27)/b4-3-,6-5-. The Morgan fingerprint density at radius 2 is 1.82 bits per heavy atom. The van der Waals surface area contributed by atoms with Crippen LogP contribution in [0.15, 0.2) is 61.2 Å². The topological polar surface area (TPSA) is 96.1 Å². The minimum atomic E-state index is -0.884. The van der Waals surface area contributed by atoms with Gasteiger partial charge in [-0.05, 0) is 24.3 Å². The summed E-state index contributed by atoms with van der Waals surface area (Å²) in [5.74, 6) is 0.165. The molecule has 3 N–H and O–H groups in total. The Hall–Kier alpha value is -3.22. The molecular formula is C21H27N3O4. The van der Waals surface area contributed by atoms with Gasteiger partial charge in [-0.3, -0.25) is 4.79 Å².